The minimum atomic E-state index is -1.03. The number of carboxylic acids is 1. The van der Waals surface area contributed by atoms with Gasteiger partial charge in [-0.2, -0.15) is 0 Å². The lowest BCUT2D eigenvalue weighted by atomic mass is 10.1. The minimum absolute atomic E-state index is 0.103. The molecule has 0 spiro atoms. The fourth-order valence-electron chi connectivity index (χ4n) is 1.43. The minimum Gasteiger partial charge on any atom is -0.496 e. The summed E-state index contributed by atoms with van der Waals surface area (Å²) in [7, 11) is 2.86. The van der Waals surface area contributed by atoms with Gasteiger partial charge in [0.25, 0.3) is 0 Å². The molecule has 0 fully saturated rings. The quantitative estimate of drug-likeness (QED) is 0.805. The van der Waals surface area contributed by atoms with E-state index in [1.54, 1.807) is 0 Å². The van der Waals surface area contributed by atoms with Gasteiger partial charge in [-0.05, 0) is 6.07 Å². The summed E-state index contributed by atoms with van der Waals surface area (Å²) in [6, 6.07) is 2.92. The number of carbonyl (C=O) groups excluding carboxylic acids is 1. The van der Waals surface area contributed by atoms with Crippen LogP contribution in [0, 0.1) is 0 Å². The summed E-state index contributed by atoms with van der Waals surface area (Å²) in [6.45, 7) is 0. The average molecular weight is 273 g/mol. The van der Waals surface area contributed by atoms with Crippen LogP contribution in [0.5, 0.6) is 11.5 Å². The van der Waals surface area contributed by atoms with E-state index in [1.807, 2.05) is 0 Å². The van der Waals surface area contributed by atoms with Gasteiger partial charge >= 0.3 is 5.97 Å². The van der Waals surface area contributed by atoms with Gasteiger partial charge in [0.2, 0.25) is 0 Å². The number of ketones is 1. The van der Waals surface area contributed by atoms with Gasteiger partial charge in [0.15, 0.2) is 5.78 Å². The Morgan fingerprint density at radius 1 is 1.17 bits per heavy atom. The molecule has 6 heteroatoms. The third kappa shape index (κ3) is 3.37. The molecule has 0 radical (unpaired) electrons. The fraction of sp³-hybridized carbons (Fsp3) is 0.333. The summed E-state index contributed by atoms with van der Waals surface area (Å²) in [4.78, 5) is 22.3. The highest BCUT2D eigenvalue weighted by molar-refractivity contribution is 6.32. The van der Waals surface area contributed by atoms with Gasteiger partial charge in [-0.1, -0.05) is 11.6 Å². The Bertz CT molecular complexity index is 470. The maximum atomic E-state index is 11.8. The molecule has 0 aliphatic heterocycles. The Hall–Kier alpha value is -1.75. The summed E-state index contributed by atoms with van der Waals surface area (Å²) in [5.74, 6) is -0.657. The first-order valence-corrected chi connectivity index (χ1v) is 5.54. The number of carbonyl (C=O) groups is 2. The number of rotatable bonds is 6. The van der Waals surface area contributed by atoms with Crippen LogP contribution in [0.2, 0.25) is 5.02 Å². The number of carboxylic acid groups (broad SMARTS) is 1. The molecular weight excluding hydrogens is 260 g/mol. The second kappa shape index (κ2) is 6.26. The highest BCUT2D eigenvalue weighted by atomic mass is 35.5. The lowest BCUT2D eigenvalue weighted by Crippen LogP contribution is -2.06. The van der Waals surface area contributed by atoms with E-state index in [1.165, 1.54) is 26.4 Å². The first kappa shape index (κ1) is 14.3. The van der Waals surface area contributed by atoms with Crippen LogP contribution in [0.15, 0.2) is 12.1 Å². The first-order valence-electron chi connectivity index (χ1n) is 5.16. The maximum absolute atomic E-state index is 11.8. The zero-order valence-corrected chi connectivity index (χ0v) is 10.8. The van der Waals surface area contributed by atoms with Crippen LogP contribution in [-0.4, -0.2) is 31.1 Å². The van der Waals surface area contributed by atoms with Crippen LogP contribution >= 0.6 is 11.6 Å². The van der Waals surface area contributed by atoms with Crippen molar-refractivity contribution in [3.8, 4) is 11.5 Å². The van der Waals surface area contributed by atoms with E-state index in [9.17, 15) is 9.59 Å². The molecule has 1 aromatic rings. The van der Waals surface area contributed by atoms with Crippen molar-refractivity contribution in [3.05, 3.63) is 22.7 Å². The van der Waals surface area contributed by atoms with Crippen molar-refractivity contribution in [2.24, 2.45) is 0 Å². The zero-order valence-electron chi connectivity index (χ0n) is 10.0. The fourth-order valence-corrected chi connectivity index (χ4v) is 1.67. The molecule has 18 heavy (non-hydrogen) atoms. The largest absolute Gasteiger partial charge is 0.496 e. The van der Waals surface area contributed by atoms with E-state index in [0.29, 0.717) is 11.5 Å². The number of Topliss-reactive ketones (excluding diaryl/α,β-unsaturated/α-hetero) is 1. The van der Waals surface area contributed by atoms with Crippen LogP contribution in [0.4, 0.5) is 0 Å². The van der Waals surface area contributed by atoms with E-state index in [2.05, 4.69) is 0 Å². The van der Waals surface area contributed by atoms with E-state index in [0.717, 1.165) is 0 Å². The lowest BCUT2D eigenvalue weighted by Gasteiger charge is -2.10. The standard InChI is InChI=1S/C12H13ClO5/c1-17-10-6-11(18-2)8(13)5-7(10)9(14)3-4-12(15)16/h5-6H,3-4H2,1-2H3,(H,15,16). The highest BCUT2D eigenvalue weighted by Crippen LogP contribution is 2.33. The molecule has 0 heterocycles. The van der Waals surface area contributed by atoms with Crippen molar-refractivity contribution in [1.82, 2.24) is 0 Å². The second-order valence-corrected chi connectivity index (χ2v) is 3.91. The molecule has 0 unspecified atom stereocenters. The number of hydrogen-bond donors (Lipinski definition) is 1. The first-order chi connectivity index (χ1) is 8.49. The van der Waals surface area contributed by atoms with Crippen molar-refractivity contribution < 1.29 is 24.2 Å². The molecule has 1 N–H and O–H groups in total. The highest BCUT2D eigenvalue weighted by Gasteiger charge is 2.17. The van der Waals surface area contributed by atoms with Crippen molar-refractivity contribution >= 4 is 23.4 Å². The Morgan fingerprint density at radius 2 is 1.78 bits per heavy atom. The molecule has 98 valence electrons. The molecule has 0 atom stereocenters. The van der Waals surface area contributed by atoms with Crippen molar-refractivity contribution in [2.75, 3.05) is 14.2 Å². The summed E-state index contributed by atoms with van der Waals surface area (Å²) in [6.07, 6.45) is -0.333. The van der Waals surface area contributed by atoms with E-state index >= 15 is 0 Å². The average Bonchev–Trinajstić information content (AvgIpc) is 2.35. The van der Waals surface area contributed by atoms with Crippen molar-refractivity contribution in [2.45, 2.75) is 12.8 Å². The van der Waals surface area contributed by atoms with E-state index in [4.69, 9.17) is 26.2 Å². The molecule has 0 aliphatic carbocycles. The predicted octanol–water partition coefficient (Wildman–Crippen LogP) is 2.40. The van der Waals surface area contributed by atoms with Gasteiger partial charge in [0.1, 0.15) is 11.5 Å². The van der Waals surface area contributed by atoms with E-state index in [-0.39, 0.29) is 29.2 Å². The normalized spacial score (nSPS) is 9.94. The number of halogens is 1. The molecule has 5 nitrogen and oxygen atoms in total. The third-order valence-electron chi connectivity index (χ3n) is 2.34. The van der Waals surface area contributed by atoms with Gasteiger partial charge in [0.05, 0.1) is 31.2 Å². The summed E-state index contributed by atoms with van der Waals surface area (Å²) < 4.78 is 10.1. The monoisotopic (exact) mass is 272 g/mol. The predicted molar refractivity (Wildman–Crippen MR) is 65.8 cm³/mol. The van der Waals surface area contributed by atoms with Crippen LogP contribution < -0.4 is 9.47 Å². The van der Waals surface area contributed by atoms with Crippen molar-refractivity contribution in [1.29, 1.82) is 0 Å². The molecule has 0 aliphatic rings. The SMILES string of the molecule is COc1cc(OC)c(C(=O)CCC(=O)O)cc1Cl. The number of hydrogen-bond acceptors (Lipinski definition) is 4. The molecular formula is C12H13ClO5. The second-order valence-electron chi connectivity index (χ2n) is 3.50. The van der Waals surface area contributed by atoms with Crippen LogP contribution in [0.3, 0.4) is 0 Å². The molecule has 0 saturated carbocycles. The molecule has 0 bridgehead atoms. The summed E-state index contributed by atoms with van der Waals surface area (Å²) >= 11 is 5.92. The topological polar surface area (TPSA) is 72.8 Å². The molecule has 1 aromatic carbocycles. The molecule has 0 saturated heterocycles. The Balaban J connectivity index is 3.03. The Kier molecular flexibility index (Phi) is 4.97. The Morgan fingerprint density at radius 3 is 2.28 bits per heavy atom. The van der Waals surface area contributed by atoms with Crippen LogP contribution in [0.1, 0.15) is 23.2 Å². The van der Waals surface area contributed by atoms with Crippen molar-refractivity contribution in [3.63, 3.8) is 0 Å². The van der Waals surface area contributed by atoms with Crippen LogP contribution in [-0.2, 0) is 4.79 Å². The lowest BCUT2D eigenvalue weighted by molar-refractivity contribution is -0.136. The Labute approximate surface area is 109 Å². The zero-order chi connectivity index (χ0) is 13.7. The number of benzene rings is 1. The van der Waals surface area contributed by atoms with Gasteiger partial charge in [-0.15, -0.1) is 0 Å². The molecule has 1 rings (SSSR count). The smallest absolute Gasteiger partial charge is 0.303 e. The summed E-state index contributed by atoms with van der Waals surface area (Å²) in [5.41, 5.74) is 0.254. The van der Waals surface area contributed by atoms with Gasteiger partial charge < -0.3 is 14.6 Å². The molecule has 0 aromatic heterocycles. The number of ether oxygens (including phenoxy) is 2. The maximum Gasteiger partial charge on any atom is 0.303 e. The molecule has 0 amide bonds. The third-order valence-corrected chi connectivity index (χ3v) is 2.64. The number of methoxy groups -OCH3 is 2. The summed E-state index contributed by atoms with van der Waals surface area (Å²) in [5, 5.41) is 8.82. The van der Waals surface area contributed by atoms with Gasteiger partial charge in [-0.25, -0.2) is 0 Å². The van der Waals surface area contributed by atoms with Gasteiger partial charge in [0, 0.05) is 12.5 Å². The van der Waals surface area contributed by atoms with Gasteiger partial charge in [-0.3, -0.25) is 9.59 Å². The van der Waals surface area contributed by atoms with E-state index < -0.39 is 5.97 Å². The number of aliphatic carboxylic acids is 1. The van der Waals surface area contributed by atoms with Crippen LogP contribution in [0.25, 0.3) is 0 Å².